The summed E-state index contributed by atoms with van der Waals surface area (Å²) in [4.78, 5) is 0. The third-order valence-electron chi connectivity index (χ3n) is 2.17. The van der Waals surface area contributed by atoms with Crippen molar-refractivity contribution in [1.29, 1.82) is 0 Å². The third-order valence-corrected chi connectivity index (χ3v) is 2.17. The van der Waals surface area contributed by atoms with Crippen molar-refractivity contribution in [2.24, 2.45) is 5.92 Å². The second kappa shape index (κ2) is 5.78. The topological polar surface area (TPSA) is 29.5 Å². The van der Waals surface area contributed by atoms with Crippen molar-refractivity contribution in [3.63, 3.8) is 0 Å². The predicted molar refractivity (Wildman–Crippen MR) is 56.9 cm³/mol. The number of benzene rings is 1. The lowest BCUT2D eigenvalue weighted by Crippen LogP contribution is -2.21. The molecule has 0 aliphatic rings. The third kappa shape index (κ3) is 3.90. The Morgan fingerprint density at radius 2 is 1.86 bits per heavy atom. The Labute approximate surface area is 85.5 Å². The Balaban J connectivity index is 2.22. The molecular weight excluding hydrogens is 176 g/mol. The standard InChI is InChI=1S/C12H18O2/c1-10(2)12(13)9-14-8-11-6-4-3-5-7-11/h3-7,10,12-13H,8-9H2,1-2H3. The zero-order chi connectivity index (χ0) is 10.4. The molecule has 0 heterocycles. The number of hydrogen-bond donors (Lipinski definition) is 1. The van der Waals surface area contributed by atoms with Gasteiger partial charge in [-0.15, -0.1) is 0 Å². The molecule has 0 radical (unpaired) electrons. The molecule has 1 N–H and O–H groups in total. The van der Waals surface area contributed by atoms with E-state index in [4.69, 9.17) is 4.74 Å². The maximum atomic E-state index is 9.48. The molecule has 0 aliphatic heterocycles. The van der Waals surface area contributed by atoms with Crippen LogP contribution < -0.4 is 0 Å². The Hall–Kier alpha value is -0.860. The largest absolute Gasteiger partial charge is 0.390 e. The van der Waals surface area contributed by atoms with Crippen LogP contribution in [-0.4, -0.2) is 17.8 Å². The van der Waals surface area contributed by atoms with Crippen molar-refractivity contribution in [2.75, 3.05) is 6.61 Å². The number of aliphatic hydroxyl groups is 1. The van der Waals surface area contributed by atoms with Gasteiger partial charge in [-0.2, -0.15) is 0 Å². The fourth-order valence-electron chi connectivity index (χ4n) is 1.06. The molecule has 0 saturated heterocycles. The average molecular weight is 194 g/mol. The first-order valence-electron chi connectivity index (χ1n) is 5.00. The van der Waals surface area contributed by atoms with Gasteiger partial charge in [-0.3, -0.25) is 0 Å². The smallest absolute Gasteiger partial charge is 0.0796 e. The molecule has 2 nitrogen and oxygen atoms in total. The highest BCUT2D eigenvalue weighted by atomic mass is 16.5. The second-order valence-corrected chi connectivity index (χ2v) is 3.81. The summed E-state index contributed by atoms with van der Waals surface area (Å²) in [6.45, 7) is 4.95. The van der Waals surface area contributed by atoms with E-state index in [1.54, 1.807) is 0 Å². The molecule has 1 aromatic rings. The molecule has 0 aromatic heterocycles. The summed E-state index contributed by atoms with van der Waals surface area (Å²) >= 11 is 0. The molecule has 0 amide bonds. The zero-order valence-electron chi connectivity index (χ0n) is 8.81. The van der Waals surface area contributed by atoms with E-state index in [0.717, 1.165) is 5.56 Å². The number of hydrogen-bond acceptors (Lipinski definition) is 2. The van der Waals surface area contributed by atoms with E-state index >= 15 is 0 Å². The van der Waals surface area contributed by atoms with Crippen LogP contribution in [0.4, 0.5) is 0 Å². The second-order valence-electron chi connectivity index (χ2n) is 3.81. The van der Waals surface area contributed by atoms with Crippen LogP contribution in [0.1, 0.15) is 19.4 Å². The van der Waals surface area contributed by atoms with Crippen molar-refractivity contribution in [3.8, 4) is 0 Å². The normalized spacial score (nSPS) is 13.1. The van der Waals surface area contributed by atoms with E-state index in [-0.39, 0.29) is 12.0 Å². The van der Waals surface area contributed by atoms with Crippen LogP contribution in [0, 0.1) is 5.92 Å². The monoisotopic (exact) mass is 194 g/mol. The highest BCUT2D eigenvalue weighted by Gasteiger charge is 2.08. The molecule has 78 valence electrons. The Bertz CT molecular complexity index is 244. The van der Waals surface area contributed by atoms with Gasteiger partial charge >= 0.3 is 0 Å². The van der Waals surface area contributed by atoms with Crippen LogP contribution in [0.3, 0.4) is 0 Å². The van der Waals surface area contributed by atoms with E-state index < -0.39 is 0 Å². The minimum atomic E-state index is -0.362. The summed E-state index contributed by atoms with van der Waals surface area (Å²) in [7, 11) is 0. The fraction of sp³-hybridized carbons (Fsp3) is 0.500. The molecule has 0 saturated carbocycles. The van der Waals surface area contributed by atoms with Gasteiger partial charge in [0.2, 0.25) is 0 Å². The highest BCUT2D eigenvalue weighted by molar-refractivity contribution is 5.13. The summed E-state index contributed by atoms with van der Waals surface area (Å²) in [5.41, 5.74) is 1.14. The number of ether oxygens (including phenoxy) is 1. The van der Waals surface area contributed by atoms with Gasteiger partial charge in [0.15, 0.2) is 0 Å². The van der Waals surface area contributed by atoms with Crippen LogP contribution in [0.25, 0.3) is 0 Å². The summed E-state index contributed by atoms with van der Waals surface area (Å²) in [6.07, 6.45) is -0.362. The molecule has 14 heavy (non-hydrogen) atoms. The van der Waals surface area contributed by atoms with Gasteiger partial charge in [-0.05, 0) is 11.5 Å². The van der Waals surface area contributed by atoms with Gasteiger partial charge in [0.25, 0.3) is 0 Å². The first-order valence-corrected chi connectivity index (χ1v) is 5.00. The molecule has 1 unspecified atom stereocenters. The average Bonchev–Trinajstić information content (AvgIpc) is 2.19. The van der Waals surface area contributed by atoms with Crippen molar-refractivity contribution in [2.45, 2.75) is 26.6 Å². The van der Waals surface area contributed by atoms with Gasteiger partial charge in [0, 0.05) is 0 Å². The lowest BCUT2D eigenvalue weighted by molar-refractivity contribution is 0.00608. The van der Waals surface area contributed by atoms with Crippen LogP contribution in [0.15, 0.2) is 30.3 Å². The van der Waals surface area contributed by atoms with Crippen LogP contribution in [0.2, 0.25) is 0 Å². The van der Waals surface area contributed by atoms with Crippen molar-refractivity contribution in [3.05, 3.63) is 35.9 Å². The summed E-state index contributed by atoms with van der Waals surface area (Å²) in [5, 5.41) is 9.48. The highest BCUT2D eigenvalue weighted by Crippen LogP contribution is 2.04. The first-order chi connectivity index (χ1) is 6.70. The first kappa shape index (κ1) is 11.2. The Morgan fingerprint density at radius 3 is 2.43 bits per heavy atom. The summed E-state index contributed by atoms with van der Waals surface area (Å²) in [5.74, 6) is 0.255. The quantitative estimate of drug-likeness (QED) is 0.778. The molecule has 1 aromatic carbocycles. The predicted octanol–water partition coefficient (Wildman–Crippen LogP) is 2.22. The number of aliphatic hydroxyl groups excluding tert-OH is 1. The Morgan fingerprint density at radius 1 is 1.21 bits per heavy atom. The van der Waals surface area contributed by atoms with E-state index in [1.807, 2.05) is 44.2 Å². The van der Waals surface area contributed by atoms with Crippen LogP contribution in [-0.2, 0) is 11.3 Å². The van der Waals surface area contributed by atoms with Crippen molar-refractivity contribution >= 4 is 0 Å². The van der Waals surface area contributed by atoms with Crippen molar-refractivity contribution < 1.29 is 9.84 Å². The van der Waals surface area contributed by atoms with Gasteiger partial charge in [-0.25, -0.2) is 0 Å². The van der Waals surface area contributed by atoms with E-state index in [0.29, 0.717) is 13.2 Å². The van der Waals surface area contributed by atoms with Gasteiger partial charge in [0.05, 0.1) is 19.3 Å². The molecule has 2 heteroatoms. The zero-order valence-corrected chi connectivity index (χ0v) is 8.81. The molecular formula is C12H18O2. The summed E-state index contributed by atoms with van der Waals surface area (Å²) < 4.78 is 5.39. The molecule has 0 bridgehead atoms. The molecule has 1 atom stereocenters. The molecule has 0 aliphatic carbocycles. The van der Waals surface area contributed by atoms with Gasteiger partial charge in [0.1, 0.15) is 0 Å². The molecule has 0 spiro atoms. The van der Waals surface area contributed by atoms with Gasteiger partial charge < -0.3 is 9.84 Å². The lowest BCUT2D eigenvalue weighted by atomic mass is 10.1. The minimum Gasteiger partial charge on any atom is -0.390 e. The fourth-order valence-corrected chi connectivity index (χ4v) is 1.06. The molecule has 1 rings (SSSR count). The van der Waals surface area contributed by atoms with Crippen molar-refractivity contribution in [1.82, 2.24) is 0 Å². The molecule has 0 fully saturated rings. The Kier molecular flexibility index (Phi) is 4.63. The maximum Gasteiger partial charge on any atom is 0.0796 e. The van der Waals surface area contributed by atoms with E-state index in [1.165, 1.54) is 0 Å². The lowest BCUT2D eigenvalue weighted by Gasteiger charge is -2.14. The number of rotatable bonds is 5. The van der Waals surface area contributed by atoms with Crippen LogP contribution >= 0.6 is 0 Å². The van der Waals surface area contributed by atoms with E-state index in [9.17, 15) is 5.11 Å². The summed E-state index contributed by atoms with van der Waals surface area (Å²) in [6, 6.07) is 9.98. The van der Waals surface area contributed by atoms with Gasteiger partial charge in [-0.1, -0.05) is 44.2 Å². The SMILES string of the molecule is CC(C)C(O)COCc1ccccc1. The maximum absolute atomic E-state index is 9.48. The van der Waals surface area contributed by atoms with E-state index in [2.05, 4.69) is 0 Å². The van der Waals surface area contributed by atoms with Crippen LogP contribution in [0.5, 0.6) is 0 Å². The minimum absolute atomic E-state index is 0.255.